The van der Waals surface area contributed by atoms with E-state index in [9.17, 15) is 24.9 Å². The number of piperidine rings is 2. The van der Waals surface area contributed by atoms with Crippen molar-refractivity contribution in [3.05, 3.63) is 70.8 Å². The summed E-state index contributed by atoms with van der Waals surface area (Å²) in [6.45, 7) is 18.0. The van der Waals surface area contributed by atoms with Crippen molar-refractivity contribution in [3.63, 3.8) is 0 Å². The lowest BCUT2D eigenvalue weighted by molar-refractivity contribution is -0.174. The van der Waals surface area contributed by atoms with Crippen molar-refractivity contribution in [1.82, 2.24) is 9.80 Å². The minimum absolute atomic E-state index is 0.101. The molecule has 93 heavy (non-hydrogen) atoms. The summed E-state index contributed by atoms with van der Waals surface area (Å²) in [5, 5.41) is 35.0. The van der Waals surface area contributed by atoms with Crippen molar-refractivity contribution in [2.24, 2.45) is 11.8 Å². The molecule has 12 rings (SSSR count). The number of ether oxygens (including phenoxy) is 7. The average molecular weight is 1400 g/mol. The van der Waals surface area contributed by atoms with Crippen molar-refractivity contribution in [2.45, 2.75) is 317 Å². The van der Waals surface area contributed by atoms with Crippen molar-refractivity contribution < 1.29 is 58.1 Å². The quantitative estimate of drug-likeness (QED) is 0.0145. The Balaban J connectivity index is 0.000000169. The zero-order valence-corrected chi connectivity index (χ0v) is 59.6. The third-order valence-electron chi connectivity index (χ3n) is 23.4. The summed E-state index contributed by atoms with van der Waals surface area (Å²) in [5.74, 6) is 3.66. The Morgan fingerprint density at radius 1 is 0.527 bits per heavy atom. The largest absolute Gasteiger partial charge is 0.511 e. The number of alkyl halides is 1. The second-order valence-corrected chi connectivity index (χ2v) is 30.5. The van der Waals surface area contributed by atoms with Gasteiger partial charge in [0.25, 0.3) is 0 Å². The molecule has 6 aliphatic carbocycles. The van der Waals surface area contributed by atoms with E-state index in [4.69, 9.17) is 28.4 Å². The second-order valence-electron chi connectivity index (χ2n) is 29.8. The number of halogens is 1. The van der Waals surface area contributed by atoms with Crippen molar-refractivity contribution in [1.29, 1.82) is 0 Å². The molecule has 0 amide bonds. The van der Waals surface area contributed by atoms with E-state index in [1.165, 1.54) is 191 Å². The predicted molar refractivity (Wildman–Crippen MR) is 376 cm³/mol. The first-order valence-electron chi connectivity index (χ1n) is 37.7. The lowest BCUT2D eigenvalue weighted by Crippen LogP contribution is -2.75. The van der Waals surface area contributed by atoms with E-state index in [1.807, 2.05) is 34.7 Å². The summed E-state index contributed by atoms with van der Waals surface area (Å²) < 4.78 is 39.5. The molecule has 2 aromatic rings. The highest BCUT2D eigenvalue weighted by Crippen LogP contribution is 2.68. The number of rotatable bonds is 38. The summed E-state index contributed by atoms with van der Waals surface area (Å²) in [5.41, 5.74) is 4.25. The van der Waals surface area contributed by atoms with E-state index < -0.39 is 34.3 Å². The summed E-state index contributed by atoms with van der Waals surface area (Å²) in [7, 11) is 0. The zero-order chi connectivity index (χ0) is 65.3. The molecule has 2 saturated heterocycles. The molecule has 6 fully saturated rings. The van der Waals surface area contributed by atoms with Gasteiger partial charge in [0.15, 0.2) is 23.0 Å². The average Bonchev–Trinajstić information content (AvgIpc) is 1.58. The predicted octanol–water partition coefficient (Wildman–Crippen LogP) is 18.3. The molecule has 0 radical (unpaired) electrons. The van der Waals surface area contributed by atoms with Gasteiger partial charge in [-0.2, -0.15) is 0 Å². The van der Waals surface area contributed by atoms with Crippen molar-refractivity contribution >= 4 is 34.9 Å². The molecule has 4 saturated carbocycles. The molecule has 15 heteroatoms. The molecule has 14 nitrogen and oxygen atoms in total. The number of aromatic hydroxyl groups is 1. The second kappa shape index (κ2) is 34.6. The van der Waals surface area contributed by atoms with Crippen LogP contribution in [0.4, 0.5) is 9.59 Å². The van der Waals surface area contributed by atoms with Crippen LogP contribution in [0.2, 0.25) is 0 Å². The third-order valence-corrected chi connectivity index (χ3v) is 23.7. The van der Waals surface area contributed by atoms with Crippen molar-refractivity contribution in [3.8, 4) is 23.0 Å². The number of nitrogens with zero attached hydrogens (tertiary/aromatic N) is 2. The van der Waals surface area contributed by atoms with Gasteiger partial charge in [0.2, 0.25) is 6.79 Å². The van der Waals surface area contributed by atoms with E-state index in [-0.39, 0.29) is 36.8 Å². The van der Waals surface area contributed by atoms with Crippen LogP contribution in [0.3, 0.4) is 0 Å². The highest BCUT2D eigenvalue weighted by molar-refractivity contribution is 14.1. The Bertz CT molecular complexity index is 2750. The molecule has 0 aromatic heterocycles. The Labute approximate surface area is 572 Å². The molecule has 8 atom stereocenters. The van der Waals surface area contributed by atoms with Gasteiger partial charge in [-0.1, -0.05) is 206 Å². The monoisotopic (exact) mass is 1400 g/mol. The van der Waals surface area contributed by atoms with Crippen LogP contribution >= 0.6 is 22.6 Å². The number of phenolic OH excluding ortho intramolecular Hbond substituents is 1. The molecule has 4 aliphatic heterocycles. The third kappa shape index (κ3) is 16.9. The van der Waals surface area contributed by atoms with Crippen molar-refractivity contribution in [2.75, 3.05) is 50.8 Å². The molecular weight excluding hydrogens is 1280 g/mol. The first-order valence-corrected chi connectivity index (χ1v) is 39.3. The van der Waals surface area contributed by atoms with Gasteiger partial charge in [-0.3, -0.25) is 9.80 Å². The summed E-state index contributed by atoms with van der Waals surface area (Å²) in [6, 6.07) is 8.12. The number of benzene rings is 2. The van der Waals surface area contributed by atoms with Crippen LogP contribution in [0.25, 0.3) is 0 Å². The Kier molecular flexibility index (Phi) is 26.8. The van der Waals surface area contributed by atoms with Gasteiger partial charge >= 0.3 is 12.3 Å². The molecule has 2 aromatic carbocycles. The molecular formula is C78H119IN2O12. The van der Waals surface area contributed by atoms with E-state index in [0.717, 1.165) is 137 Å². The van der Waals surface area contributed by atoms with Gasteiger partial charge in [0.05, 0.1) is 35.2 Å². The SMILES string of the molecule is C=C1CC[C@@]2(O)C3Cc4ccc(O)c5c4[C@@]2(CCN3CC2CC2)[C@H]1O5.C=C1CC[C@@]2(O)C3Cc4ccc(OCOC(=O)OCCCCCCCCCCCCCCCC)c5c4[C@@]2(CCN3CC2CC2)[C@H]1O5.CCCCCCCCCCCCCCCCOC(=O)OCI. The van der Waals surface area contributed by atoms with Crippen LogP contribution in [0.15, 0.2) is 48.6 Å². The number of carbonyl (C=O) groups excluding carboxylic acids is 2. The topological polar surface area (TPSA) is 166 Å². The van der Waals surface area contributed by atoms with Crippen LogP contribution in [0.5, 0.6) is 23.0 Å². The van der Waals surface area contributed by atoms with Crippen LogP contribution in [-0.2, 0) is 42.6 Å². The summed E-state index contributed by atoms with van der Waals surface area (Å²) >= 11 is 1.98. The molecule has 520 valence electrons. The maximum absolute atomic E-state index is 12.5. The minimum Gasteiger partial charge on any atom is -0.504 e. The zero-order valence-electron chi connectivity index (χ0n) is 57.4. The van der Waals surface area contributed by atoms with Gasteiger partial charge in [-0.05, 0) is 172 Å². The maximum atomic E-state index is 12.5. The highest BCUT2D eigenvalue weighted by Gasteiger charge is 2.73. The highest BCUT2D eigenvalue weighted by atomic mass is 127. The van der Waals surface area contributed by atoms with Crippen LogP contribution in [0, 0.1) is 11.8 Å². The molecule has 10 aliphatic rings. The van der Waals surface area contributed by atoms with Crippen LogP contribution in [0.1, 0.15) is 280 Å². The van der Waals surface area contributed by atoms with Gasteiger partial charge in [-0.15, -0.1) is 0 Å². The number of carbonyl (C=O) groups is 2. The van der Waals surface area contributed by atoms with E-state index in [0.29, 0.717) is 35.1 Å². The smallest absolute Gasteiger partial charge is 0.504 e. The number of hydrogen-bond acceptors (Lipinski definition) is 14. The first-order chi connectivity index (χ1) is 45.3. The first kappa shape index (κ1) is 72.0. The number of aliphatic hydroxyl groups is 2. The molecule has 2 spiro atoms. The lowest BCUT2D eigenvalue weighted by atomic mass is 9.48. The van der Waals surface area contributed by atoms with E-state index >= 15 is 0 Å². The van der Waals surface area contributed by atoms with Crippen LogP contribution in [-0.4, -0.2) is 124 Å². The van der Waals surface area contributed by atoms with E-state index in [2.05, 4.69) is 47.6 Å². The van der Waals surface area contributed by atoms with E-state index in [1.54, 1.807) is 6.07 Å². The fourth-order valence-electron chi connectivity index (χ4n) is 18.1. The Morgan fingerprint density at radius 2 is 0.914 bits per heavy atom. The number of unbranched alkanes of at least 4 members (excludes halogenated alkanes) is 26. The van der Waals surface area contributed by atoms with Gasteiger partial charge in [-0.25, -0.2) is 9.59 Å². The standard InChI is InChI=1S/C39H59NO6.C21H25NO3.C18H35IO3/c1-3-4-5-6-7-8-9-10-11-12-13-14-15-16-25-43-37(41)45-28-44-32-20-19-31-26-33-39(42)22-21-29(2)36-38(39,34(31)35(32)46-36)23-24-40(33)27-30-17-18-30;1-12-6-7-21(24)16-10-14-4-5-15(23)18-17(14)20(21,19(12)25-18)8-9-22(16)11-13-2-3-13;1-2-3-4-5-6-7-8-9-10-11-12-13-14-15-16-21-18(20)22-17-19/h19-20,30,33,36,42H,2-18,21-28H2,1H3;4-5,13,16,19,23-24H,1-3,6-11H2;2-17H2,1H3/t33?,36-,38-,39+;16?,19-,20-,21+;/m00./s1. The van der Waals surface area contributed by atoms with Crippen LogP contribution < -0.4 is 14.2 Å². The normalized spacial score (nSPS) is 27.3. The van der Waals surface area contributed by atoms with Gasteiger partial charge in [0, 0.05) is 36.3 Å². The molecule has 3 N–H and O–H groups in total. The number of phenols is 1. The number of hydrogen-bond donors (Lipinski definition) is 3. The number of likely N-dealkylation sites (tertiary alicyclic amines) is 2. The molecule has 4 heterocycles. The summed E-state index contributed by atoms with van der Waals surface area (Å²) in [4.78, 5) is 28.3. The fourth-order valence-corrected chi connectivity index (χ4v) is 18.3. The fraction of sp³-hybridized carbons (Fsp3) is 0.769. The Hall–Kier alpha value is -3.77. The van der Waals surface area contributed by atoms with Gasteiger partial charge < -0.3 is 48.5 Å². The summed E-state index contributed by atoms with van der Waals surface area (Å²) in [6.07, 6.45) is 46.8. The molecule has 2 unspecified atom stereocenters. The minimum atomic E-state index is -0.851. The lowest BCUT2D eigenvalue weighted by Gasteiger charge is -2.63. The Morgan fingerprint density at radius 3 is 1.33 bits per heavy atom. The van der Waals surface area contributed by atoms with Gasteiger partial charge in [0.1, 0.15) is 16.8 Å². The maximum Gasteiger partial charge on any atom is 0.511 e. The molecule has 4 bridgehead atoms.